The Morgan fingerprint density at radius 1 is 1.05 bits per heavy atom. The summed E-state index contributed by atoms with van der Waals surface area (Å²) in [6.07, 6.45) is -2.68. The van der Waals surface area contributed by atoms with Gasteiger partial charge in [0.1, 0.15) is 12.4 Å². The first-order valence-electron chi connectivity index (χ1n) is 13.2. The normalized spacial score (nSPS) is 17.7. The number of carbonyl (C=O) groups is 1. The van der Waals surface area contributed by atoms with Crippen LogP contribution in [-0.4, -0.2) is 42.5 Å². The monoisotopic (exact) mass is 565 g/mol. The second-order valence-electron chi connectivity index (χ2n) is 11.2. The van der Waals surface area contributed by atoms with Crippen LogP contribution in [0, 0.1) is 0 Å². The van der Waals surface area contributed by atoms with Crippen molar-refractivity contribution in [2.45, 2.75) is 51.0 Å². The third-order valence-corrected chi connectivity index (χ3v) is 7.93. The Morgan fingerprint density at radius 3 is 2.17 bits per heavy atom. The molecule has 1 aliphatic carbocycles. The van der Waals surface area contributed by atoms with Crippen LogP contribution in [-0.2, 0) is 20.2 Å². The third-order valence-electron chi connectivity index (χ3n) is 7.93. The fourth-order valence-electron chi connectivity index (χ4n) is 5.03. The van der Waals surface area contributed by atoms with Crippen LogP contribution < -0.4 is 11.1 Å². The zero-order valence-corrected chi connectivity index (χ0v) is 23.2. The number of amides is 1. The van der Waals surface area contributed by atoms with Gasteiger partial charge in [-0.3, -0.25) is 0 Å². The quantitative estimate of drug-likeness (QED) is 0.344. The van der Waals surface area contributed by atoms with Crippen molar-refractivity contribution in [2.24, 2.45) is 0 Å². The van der Waals surface area contributed by atoms with Crippen molar-refractivity contribution in [3.05, 3.63) is 88.5 Å². The lowest BCUT2D eigenvalue weighted by atomic mass is 9.77. The molecule has 1 amide bonds. The predicted molar refractivity (Wildman–Crippen MR) is 151 cm³/mol. The Bertz CT molecular complexity index is 1440. The van der Waals surface area contributed by atoms with Crippen LogP contribution in [0.25, 0.3) is 17.2 Å². The van der Waals surface area contributed by atoms with E-state index in [9.17, 15) is 18.0 Å². The lowest BCUT2D eigenvalue weighted by Gasteiger charge is -2.32. The molecule has 0 bridgehead atoms. The van der Waals surface area contributed by atoms with Crippen LogP contribution in [0.4, 0.5) is 23.8 Å². The number of nitrogens with two attached hydrogens (primary N) is 1. The molecule has 3 N–H and O–H groups in total. The molecule has 2 aliphatic rings. The van der Waals surface area contributed by atoms with E-state index in [2.05, 4.69) is 10.3 Å². The zero-order valence-electron chi connectivity index (χ0n) is 23.2. The summed E-state index contributed by atoms with van der Waals surface area (Å²) in [5.74, 6) is -0.739. The number of nitrogens with one attached hydrogen (secondary N) is 1. The van der Waals surface area contributed by atoms with E-state index in [1.807, 2.05) is 76.2 Å². The van der Waals surface area contributed by atoms with E-state index in [0.717, 1.165) is 28.3 Å². The van der Waals surface area contributed by atoms with Crippen molar-refractivity contribution in [3.63, 3.8) is 0 Å². The van der Waals surface area contributed by atoms with E-state index >= 15 is 0 Å². The van der Waals surface area contributed by atoms with Crippen molar-refractivity contribution in [3.8, 4) is 11.1 Å². The summed E-state index contributed by atoms with van der Waals surface area (Å²) in [6.45, 7) is 7.45. The molecule has 5 rings (SSSR count). The maximum Gasteiger partial charge on any atom is 0.492 e. The first-order chi connectivity index (χ1) is 19.3. The van der Waals surface area contributed by atoms with Crippen molar-refractivity contribution in [1.82, 2.24) is 10.3 Å². The molecule has 1 aliphatic heterocycles. The molecule has 2 heterocycles. The van der Waals surface area contributed by atoms with Crippen molar-refractivity contribution in [1.29, 1.82) is 0 Å². The van der Waals surface area contributed by atoms with E-state index in [1.54, 1.807) is 0 Å². The first kappa shape index (κ1) is 28.7. The number of benzene rings is 2. The highest BCUT2D eigenvalue weighted by Gasteiger charge is 2.52. The summed E-state index contributed by atoms with van der Waals surface area (Å²) >= 11 is 0. The lowest BCUT2D eigenvalue weighted by molar-refractivity contribution is -0.137. The Kier molecular flexibility index (Phi) is 7.37. The number of ether oxygens (including phenoxy) is 1. The highest BCUT2D eigenvalue weighted by molar-refractivity contribution is 6.56. The van der Waals surface area contributed by atoms with Crippen LogP contribution in [0.3, 0.4) is 0 Å². The standard InChI is InChI=1S/C30H31BF3N3O4/c1-28(2)29(3,4)41-31(40-28)19(13-18-14-25(30(32,33)34)26(35)36-15-18)16-37-27(38)39-17-24-22-11-7-5-9-20(22)21-10-6-8-12-23(21)24/h5-15,24H,16-17H2,1-4H3,(H2,35,36)(H,37,38). The summed E-state index contributed by atoms with van der Waals surface area (Å²) in [7, 11) is -0.930. The average Bonchev–Trinajstić information content (AvgIpc) is 3.34. The van der Waals surface area contributed by atoms with Gasteiger partial charge < -0.3 is 25.1 Å². The van der Waals surface area contributed by atoms with Crippen LogP contribution in [0.2, 0.25) is 0 Å². The van der Waals surface area contributed by atoms with Gasteiger partial charge in [-0.2, -0.15) is 13.2 Å². The van der Waals surface area contributed by atoms with Gasteiger partial charge in [0.25, 0.3) is 0 Å². The largest absolute Gasteiger partial charge is 0.492 e. The molecular weight excluding hydrogens is 534 g/mol. The molecule has 214 valence electrons. The van der Waals surface area contributed by atoms with E-state index in [4.69, 9.17) is 19.8 Å². The number of pyridine rings is 1. The number of hydrogen-bond donors (Lipinski definition) is 2. The minimum atomic E-state index is -4.68. The second-order valence-corrected chi connectivity index (χ2v) is 11.2. The second kappa shape index (κ2) is 10.5. The number of aromatic nitrogens is 1. The zero-order chi connectivity index (χ0) is 29.6. The predicted octanol–water partition coefficient (Wildman–Crippen LogP) is 6.24. The molecule has 11 heteroatoms. The summed E-state index contributed by atoms with van der Waals surface area (Å²) < 4.78 is 58.2. The van der Waals surface area contributed by atoms with Gasteiger partial charge in [0, 0.05) is 18.7 Å². The molecule has 2 aromatic carbocycles. The minimum absolute atomic E-state index is 0.0980. The summed E-state index contributed by atoms with van der Waals surface area (Å²) in [5, 5.41) is 2.71. The number of rotatable bonds is 6. The van der Waals surface area contributed by atoms with Gasteiger partial charge >= 0.3 is 19.4 Å². The van der Waals surface area contributed by atoms with E-state index in [1.165, 1.54) is 12.3 Å². The molecule has 3 aromatic rings. The Morgan fingerprint density at radius 2 is 1.61 bits per heavy atom. The van der Waals surface area contributed by atoms with Gasteiger partial charge in [0.15, 0.2) is 0 Å². The number of anilines is 1. The summed E-state index contributed by atoms with van der Waals surface area (Å²) in [6, 6.07) is 16.9. The maximum absolute atomic E-state index is 13.5. The molecule has 0 radical (unpaired) electrons. The van der Waals surface area contributed by atoms with Gasteiger partial charge in [-0.05, 0) is 67.1 Å². The molecule has 0 atom stereocenters. The molecule has 0 saturated carbocycles. The van der Waals surface area contributed by atoms with Gasteiger partial charge in [0.2, 0.25) is 0 Å². The highest BCUT2D eigenvalue weighted by atomic mass is 19.4. The van der Waals surface area contributed by atoms with Crippen LogP contribution in [0.15, 0.2) is 66.3 Å². The minimum Gasteiger partial charge on any atom is -0.449 e. The van der Waals surface area contributed by atoms with E-state index in [0.29, 0.717) is 5.47 Å². The molecule has 0 unspecified atom stereocenters. The highest BCUT2D eigenvalue weighted by Crippen LogP contribution is 2.44. The Hall–Kier alpha value is -3.83. The SMILES string of the molecule is CC1(C)OB(C(=Cc2cnc(N)c(C(F)(F)F)c2)CNC(=O)OCC2c3ccccc3-c3ccccc32)OC1(C)C. The molecule has 1 saturated heterocycles. The summed E-state index contributed by atoms with van der Waals surface area (Å²) in [5.41, 5.74) is 7.89. The first-order valence-corrected chi connectivity index (χ1v) is 13.2. The van der Waals surface area contributed by atoms with Gasteiger partial charge in [0.05, 0.1) is 16.8 Å². The smallest absolute Gasteiger partial charge is 0.449 e. The number of alkyl carbamates (subject to hydrolysis) is 1. The van der Waals surface area contributed by atoms with Gasteiger partial charge in [-0.25, -0.2) is 9.78 Å². The molecule has 1 aromatic heterocycles. The molecule has 0 spiro atoms. The topological polar surface area (TPSA) is 95.7 Å². The van der Waals surface area contributed by atoms with E-state index in [-0.39, 0.29) is 24.6 Å². The molecule has 41 heavy (non-hydrogen) atoms. The fraction of sp³-hybridized carbons (Fsp3) is 0.333. The Labute approximate surface area is 237 Å². The number of hydrogen-bond acceptors (Lipinski definition) is 6. The van der Waals surface area contributed by atoms with Crippen LogP contribution >= 0.6 is 0 Å². The summed E-state index contributed by atoms with van der Waals surface area (Å²) in [4.78, 5) is 16.6. The number of halogens is 3. The number of carbonyl (C=O) groups excluding carboxylic acids is 1. The number of alkyl halides is 3. The van der Waals surface area contributed by atoms with Crippen LogP contribution in [0.5, 0.6) is 0 Å². The lowest BCUT2D eigenvalue weighted by Crippen LogP contribution is -2.41. The number of fused-ring (bicyclic) bond motifs is 3. The van der Waals surface area contributed by atoms with Gasteiger partial charge in [-0.15, -0.1) is 0 Å². The van der Waals surface area contributed by atoms with Crippen LogP contribution in [0.1, 0.15) is 55.9 Å². The Balaban J connectivity index is 1.34. The number of nitrogens with zero attached hydrogens (tertiary/aromatic N) is 1. The fourth-order valence-corrected chi connectivity index (χ4v) is 5.03. The van der Waals surface area contributed by atoms with E-state index < -0.39 is 42.0 Å². The number of nitrogen functional groups attached to an aromatic ring is 1. The van der Waals surface area contributed by atoms with Gasteiger partial charge in [-0.1, -0.05) is 54.6 Å². The van der Waals surface area contributed by atoms with Crippen molar-refractivity contribution < 1.29 is 32.0 Å². The maximum atomic E-state index is 13.5. The molecule has 7 nitrogen and oxygen atoms in total. The molecule has 1 fully saturated rings. The van der Waals surface area contributed by atoms with Crippen molar-refractivity contribution in [2.75, 3.05) is 18.9 Å². The average molecular weight is 565 g/mol. The molecular formula is C30H31BF3N3O4. The third kappa shape index (κ3) is 5.69. The van der Waals surface area contributed by atoms with Crippen molar-refractivity contribution >= 4 is 25.1 Å².